The Bertz CT molecular complexity index is 1490. The number of anilines is 2. The third-order valence-corrected chi connectivity index (χ3v) is 5.66. The molecule has 9 nitrogen and oxygen atoms in total. The van der Waals surface area contributed by atoms with Gasteiger partial charge in [-0.15, -0.1) is 0 Å². The van der Waals surface area contributed by atoms with Crippen molar-refractivity contribution >= 4 is 39.2 Å². The van der Waals surface area contributed by atoms with E-state index < -0.39 is 6.10 Å². The monoisotopic (exact) mass is 467 g/mol. The molecule has 35 heavy (non-hydrogen) atoms. The molecule has 176 valence electrons. The second-order valence-electron chi connectivity index (χ2n) is 8.39. The lowest BCUT2D eigenvalue weighted by atomic mass is 10.2. The molecule has 0 fully saturated rings. The zero-order valence-corrected chi connectivity index (χ0v) is 19.7. The minimum absolute atomic E-state index is 0.124. The highest BCUT2D eigenvalue weighted by Gasteiger charge is 2.19. The lowest BCUT2D eigenvalue weighted by Crippen LogP contribution is -2.35. The Morgan fingerprint density at radius 1 is 1.09 bits per heavy atom. The van der Waals surface area contributed by atoms with Crippen molar-refractivity contribution in [3.8, 4) is 5.75 Å². The summed E-state index contributed by atoms with van der Waals surface area (Å²) in [5.41, 5.74) is 3.52. The first-order valence-corrected chi connectivity index (χ1v) is 11.2. The van der Waals surface area contributed by atoms with E-state index in [2.05, 4.69) is 25.4 Å². The van der Waals surface area contributed by atoms with Crippen molar-refractivity contribution in [1.29, 1.82) is 0 Å². The molecule has 0 aliphatic rings. The van der Waals surface area contributed by atoms with Crippen LogP contribution in [0.2, 0.25) is 0 Å². The molecule has 5 rings (SSSR count). The molecule has 0 radical (unpaired) electrons. The third-order valence-electron chi connectivity index (χ3n) is 5.66. The SMILES string of the molecule is C[C@H](Oc1cccc2ncnc(Nc3ccc4c(cnn4Cc4ccccn4)c3)c12)C(=O)N(C)C. The quantitative estimate of drug-likeness (QED) is 0.386. The largest absolute Gasteiger partial charge is 0.480 e. The van der Waals surface area contributed by atoms with Crippen molar-refractivity contribution in [2.45, 2.75) is 19.6 Å². The van der Waals surface area contributed by atoms with Crippen LogP contribution in [0, 0.1) is 0 Å². The normalized spacial score (nSPS) is 12.0. The summed E-state index contributed by atoms with van der Waals surface area (Å²) in [4.78, 5) is 27.1. The number of hydrogen-bond donors (Lipinski definition) is 1. The second-order valence-corrected chi connectivity index (χ2v) is 8.39. The number of rotatable bonds is 7. The van der Waals surface area contributed by atoms with Crippen LogP contribution in [0.5, 0.6) is 5.75 Å². The number of likely N-dealkylation sites (N-methyl/N-ethyl adjacent to an activating group) is 1. The Kier molecular flexibility index (Phi) is 5.97. The highest BCUT2D eigenvalue weighted by molar-refractivity contribution is 5.96. The van der Waals surface area contributed by atoms with Gasteiger partial charge in [0.1, 0.15) is 17.9 Å². The number of aromatic nitrogens is 5. The molecule has 0 unspecified atom stereocenters. The first kappa shape index (κ1) is 22.3. The fraction of sp³-hybridized carbons (Fsp3) is 0.192. The molecule has 0 bridgehead atoms. The Hall–Kier alpha value is -4.53. The van der Waals surface area contributed by atoms with Crippen LogP contribution in [-0.4, -0.2) is 55.7 Å². The molecule has 0 saturated heterocycles. The lowest BCUT2D eigenvalue weighted by Gasteiger charge is -2.20. The van der Waals surface area contributed by atoms with Crippen LogP contribution in [0.4, 0.5) is 11.5 Å². The van der Waals surface area contributed by atoms with E-state index in [-0.39, 0.29) is 5.91 Å². The number of pyridine rings is 1. The number of nitrogens with one attached hydrogen (secondary N) is 1. The highest BCUT2D eigenvalue weighted by atomic mass is 16.5. The number of amides is 1. The smallest absolute Gasteiger partial charge is 0.262 e. The standard InChI is InChI=1S/C26H25N7O2/c1-17(26(34)32(2)3)35-23-9-6-8-21-24(23)25(29-16-28-21)31-19-10-11-22-18(13-19)14-30-33(22)15-20-7-4-5-12-27-20/h4-14,16-17H,15H2,1-3H3,(H,28,29,31)/t17-/m0/s1. The van der Waals surface area contributed by atoms with Gasteiger partial charge in [0.15, 0.2) is 6.10 Å². The van der Waals surface area contributed by atoms with E-state index in [1.54, 1.807) is 27.2 Å². The summed E-state index contributed by atoms with van der Waals surface area (Å²) in [7, 11) is 3.41. The number of carbonyl (C=O) groups excluding carboxylic acids is 1. The van der Waals surface area contributed by atoms with E-state index in [1.807, 2.05) is 65.5 Å². The Balaban J connectivity index is 1.45. The first-order chi connectivity index (χ1) is 17.0. The predicted molar refractivity (Wildman–Crippen MR) is 135 cm³/mol. The van der Waals surface area contributed by atoms with Crippen molar-refractivity contribution in [2.24, 2.45) is 0 Å². The number of fused-ring (bicyclic) bond motifs is 2. The van der Waals surface area contributed by atoms with E-state index >= 15 is 0 Å². The molecule has 5 aromatic rings. The van der Waals surface area contributed by atoms with Gasteiger partial charge in [-0.25, -0.2) is 9.97 Å². The maximum Gasteiger partial charge on any atom is 0.262 e. The van der Waals surface area contributed by atoms with Crippen LogP contribution in [-0.2, 0) is 11.3 Å². The second kappa shape index (κ2) is 9.38. The minimum atomic E-state index is -0.648. The van der Waals surface area contributed by atoms with E-state index in [0.717, 1.165) is 22.3 Å². The van der Waals surface area contributed by atoms with Crippen LogP contribution in [0.3, 0.4) is 0 Å². The van der Waals surface area contributed by atoms with Crippen molar-refractivity contribution in [1.82, 2.24) is 29.6 Å². The number of ether oxygens (including phenoxy) is 1. The zero-order chi connectivity index (χ0) is 24.4. The summed E-state index contributed by atoms with van der Waals surface area (Å²) < 4.78 is 7.96. The number of carbonyl (C=O) groups is 1. The Morgan fingerprint density at radius 3 is 2.77 bits per heavy atom. The van der Waals surface area contributed by atoms with Gasteiger partial charge in [0, 0.05) is 31.4 Å². The van der Waals surface area contributed by atoms with Crippen molar-refractivity contribution in [3.63, 3.8) is 0 Å². The first-order valence-electron chi connectivity index (χ1n) is 11.2. The molecule has 1 atom stereocenters. The molecule has 0 spiro atoms. The van der Waals surface area contributed by atoms with Gasteiger partial charge in [0.2, 0.25) is 0 Å². The maximum atomic E-state index is 12.3. The predicted octanol–water partition coefficient (Wildman–Crippen LogP) is 4.02. The molecular formula is C26H25N7O2. The van der Waals surface area contributed by atoms with E-state index in [4.69, 9.17) is 4.74 Å². The summed E-state index contributed by atoms with van der Waals surface area (Å²) in [6.45, 7) is 2.33. The fourth-order valence-electron chi connectivity index (χ4n) is 3.95. The van der Waals surface area contributed by atoms with E-state index in [0.29, 0.717) is 29.0 Å². The summed E-state index contributed by atoms with van der Waals surface area (Å²) >= 11 is 0. The van der Waals surface area contributed by atoms with Gasteiger partial charge in [-0.3, -0.25) is 14.5 Å². The average Bonchev–Trinajstić information content (AvgIpc) is 3.26. The van der Waals surface area contributed by atoms with Crippen molar-refractivity contribution in [2.75, 3.05) is 19.4 Å². The number of nitrogens with zero attached hydrogens (tertiary/aromatic N) is 6. The number of benzene rings is 2. The van der Waals surface area contributed by atoms with Crippen LogP contribution in [0.1, 0.15) is 12.6 Å². The summed E-state index contributed by atoms with van der Waals surface area (Å²) in [5, 5.41) is 9.62. The molecule has 2 aromatic carbocycles. The van der Waals surface area contributed by atoms with E-state index in [9.17, 15) is 4.79 Å². The molecule has 3 aromatic heterocycles. The van der Waals surface area contributed by atoms with Gasteiger partial charge < -0.3 is 15.0 Å². The molecule has 9 heteroatoms. The zero-order valence-electron chi connectivity index (χ0n) is 19.7. The van der Waals surface area contributed by atoms with Crippen molar-refractivity contribution < 1.29 is 9.53 Å². The van der Waals surface area contributed by atoms with Gasteiger partial charge in [-0.05, 0) is 49.4 Å². The van der Waals surface area contributed by atoms with Gasteiger partial charge in [0.05, 0.1) is 34.9 Å². The summed E-state index contributed by atoms with van der Waals surface area (Å²) in [5.74, 6) is 1.01. The van der Waals surface area contributed by atoms with Gasteiger partial charge in [0.25, 0.3) is 5.91 Å². The topological polar surface area (TPSA) is 98.1 Å². The van der Waals surface area contributed by atoms with Crippen LogP contribution in [0.25, 0.3) is 21.8 Å². The van der Waals surface area contributed by atoms with Crippen LogP contribution >= 0.6 is 0 Å². The van der Waals surface area contributed by atoms with Crippen LogP contribution < -0.4 is 10.1 Å². The average molecular weight is 468 g/mol. The molecule has 0 aliphatic heterocycles. The fourth-order valence-corrected chi connectivity index (χ4v) is 3.95. The Labute approximate surface area is 202 Å². The maximum absolute atomic E-state index is 12.3. The molecular weight excluding hydrogens is 442 g/mol. The summed E-state index contributed by atoms with van der Waals surface area (Å²) in [6, 6.07) is 17.4. The number of hydrogen-bond acceptors (Lipinski definition) is 7. The van der Waals surface area contributed by atoms with Crippen LogP contribution in [0.15, 0.2) is 73.3 Å². The third kappa shape index (κ3) is 4.61. The van der Waals surface area contributed by atoms with Gasteiger partial charge in [-0.1, -0.05) is 12.1 Å². The van der Waals surface area contributed by atoms with Gasteiger partial charge >= 0.3 is 0 Å². The Morgan fingerprint density at radius 2 is 1.97 bits per heavy atom. The van der Waals surface area contributed by atoms with Gasteiger partial charge in [-0.2, -0.15) is 5.10 Å². The molecule has 0 saturated carbocycles. The lowest BCUT2D eigenvalue weighted by molar-refractivity contribution is -0.135. The van der Waals surface area contributed by atoms with Crippen molar-refractivity contribution in [3.05, 3.63) is 79.0 Å². The molecule has 1 N–H and O–H groups in total. The minimum Gasteiger partial charge on any atom is -0.480 e. The highest BCUT2D eigenvalue weighted by Crippen LogP contribution is 2.33. The molecule has 0 aliphatic carbocycles. The van der Waals surface area contributed by atoms with E-state index in [1.165, 1.54) is 11.2 Å². The molecule has 3 heterocycles. The summed E-state index contributed by atoms with van der Waals surface area (Å²) in [6.07, 6.45) is 4.48. The molecule has 1 amide bonds.